The zero-order valence-corrected chi connectivity index (χ0v) is 18.9. The maximum atomic E-state index is 12.9. The second kappa shape index (κ2) is 10.1. The Morgan fingerprint density at radius 2 is 1.85 bits per heavy atom. The number of rotatable bonds is 7. The lowest BCUT2D eigenvalue weighted by Gasteiger charge is -2.24. The summed E-state index contributed by atoms with van der Waals surface area (Å²) in [5.74, 6) is -0.277. The summed E-state index contributed by atoms with van der Waals surface area (Å²) in [4.78, 5) is 10.5. The molecule has 7 nitrogen and oxygen atoms in total. The highest BCUT2D eigenvalue weighted by atomic mass is 35.5. The van der Waals surface area contributed by atoms with Gasteiger partial charge in [-0.15, -0.1) is 0 Å². The molecule has 1 aliphatic rings. The van der Waals surface area contributed by atoms with Crippen molar-refractivity contribution >= 4 is 38.5 Å². The minimum Gasteiger partial charge on any atom is -0.272 e. The quantitative estimate of drug-likeness (QED) is 0.364. The molecule has 0 bridgehead atoms. The van der Waals surface area contributed by atoms with Crippen LogP contribution in [-0.2, 0) is 16.0 Å². The van der Waals surface area contributed by atoms with Crippen molar-refractivity contribution in [3.63, 3.8) is 0 Å². The first-order valence-corrected chi connectivity index (χ1v) is 12.2. The van der Waals surface area contributed by atoms with Gasteiger partial charge in [-0.1, -0.05) is 18.0 Å². The van der Waals surface area contributed by atoms with Crippen molar-refractivity contribution in [3.05, 3.63) is 63.2 Å². The maximum Gasteiger partial charge on any atom is 0.416 e. The first-order valence-electron chi connectivity index (χ1n) is 10.1. The maximum absolute atomic E-state index is 12.9. The van der Waals surface area contributed by atoms with Crippen molar-refractivity contribution in [3.8, 4) is 0 Å². The third-order valence-corrected chi connectivity index (χ3v) is 7.47. The Hall–Kier alpha value is -2.66. The van der Waals surface area contributed by atoms with Crippen LogP contribution in [0, 0.1) is 16.0 Å². The summed E-state index contributed by atoms with van der Waals surface area (Å²) in [7, 11) is -3.53. The summed E-state index contributed by atoms with van der Waals surface area (Å²) >= 11 is 5.81. The lowest BCUT2D eigenvalue weighted by molar-refractivity contribution is -0.384. The Morgan fingerprint density at radius 1 is 1.15 bits per heavy atom. The number of sulfone groups is 1. The van der Waals surface area contributed by atoms with Crippen molar-refractivity contribution in [1.29, 1.82) is 0 Å². The standard InChI is InChI=1S/C21H21ClF3N3O4S/c22-16-6-8-17(9-7-16)33(31,32)12-11-14-3-1-2-4-18(14)26-27-19-10-5-15(21(23,24)25)13-20(19)28(29)30/h5-10,13-14,27H,1-4,11-12H2/b26-18-/t14-/m0/s1. The Kier molecular flexibility index (Phi) is 7.63. The van der Waals surface area contributed by atoms with Crippen LogP contribution in [0.4, 0.5) is 24.5 Å². The van der Waals surface area contributed by atoms with Gasteiger partial charge in [-0.05, 0) is 62.1 Å². The number of alkyl halides is 3. The van der Waals surface area contributed by atoms with Crippen molar-refractivity contribution in [2.45, 2.75) is 43.2 Å². The zero-order valence-electron chi connectivity index (χ0n) is 17.3. The highest BCUT2D eigenvalue weighted by Gasteiger charge is 2.33. The van der Waals surface area contributed by atoms with E-state index >= 15 is 0 Å². The van der Waals surface area contributed by atoms with Crippen LogP contribution in [0.3, 0.4) is 0 Å². The van der Waals surface area contributed by atoms with Crippen LogP contribution in [0.1, 0.15) is 37.7 Å². The van der Waals surface area contributed by atoms with E-state index in [2.05, 4.69) is 10.5 Å². The number of halogens is 4. The van der Waals surface area contributed by atoms with Crippen LogP contribution >= 0.6 is 11.6 Å². The number of nitrogens with one attached hydrogen (secondary N) is 1. The minimum atomic E-state index is -4.71. The van der Waals surface area contributed by atoms with E-state index in [0.29, 0.717) is 36.1 Å². The van der Waals surface area contributed by atoms with E-state index in [4.69, 9.17) is 11.6 Å². The van der Waals surface area contributed by atoms with Gasteiger partial charge in [-0.3, -0.25) is 15.5 Å². The summed E-state index contributed by atoms with van der Waals surface area (Å²) < 4.78 is 63.9. The van der Waals surface area contributed by atoms with E-state index in [1.54, 1.807) is 0 Å². The molecule has 1 atom stereocenters. The van der Waals surface area contributed by atoms with Crippen molar-refractivity contribution in [2.24, 2.45) is 11.0 Å². The first-order chi connectivity index (χ1) is 15.5. The monoisotopic (exact) mass is 503 g/mol. The van der Waals surface area contributed by atoms with Crippen LogP contribution in [0.2, 0.25) is 5.02 Å². The average Bonchev–Trinajstić information content (AvgIpc) is 2.76. The normalized spacial score (nSPS) is 18.3. The smallest absolute Gasteiger partial charge is 0.272 e. The van der Waals surface area contributed by atoms with E-state index < -0.39 is 32.2 Å². The molecule has 1 N–H and O–H groups in total. The molecule has 178 valence electrons. The molecule has 1 aliphatic carbocycles. The average molecular weight is 504 g/mol. The summed E-state index contributed by atoms with van der Waals surface area (Å²) in [5.41, 5.74) is 1.12. The third kappa shape index (κ3) is 6.44. The second-order valence-corrected chi connectivity index (χ2v) is 10.3. The molecule has 0 radical (unpaired) electrons. The summed E-state index contributed by atoms with van der Waals surface area (Å²) in [6, 6.07) is 8.06. The summed E-state index contributed by atoms with van der Waals surface area (Å²) in [5, 5.41) is 15.9. The molecule has 0 spiro atoms. The van der Waals surface area contributed by atoms with Gasteiger partial charge < -0.3 is 0 Å². The Morgan fingerprint density at radius 3 is 2.48 bits per heavy atom. The lowest BCUT2D eigenvalue weighted by atomic mass is 9.85. The largest absolute Gasteiger partial charge is 0.416 e. The minimum absolute atomic E-state index is 0.112. The van der Waals surface area contributed by atoms with E-state index in [1.165, 1.54) is 24.3 Å². The van der Waals surface area contributed by atoms with Gasteiger partial charge in [-0.25, -0.2) is 8.42 Å². The van der Waals surface area contributed by atoms with Crippen molar-refractivity contribution in [2.75, 3.05) is 11.2 Å². The first kappa shape index (κ1) is 25.0. The molecule has 0 aromatic heterocycles. The zero-order chi connectivity index (χ0) is 24.2. The number of nitro benzene ring substituents is 1. The number of hydrogen-bond donors (Lipinski definition) is 1. The van der Waals surface area contributed by atoms with Crippen LogP contribution in [0.15, 0.2) is 52.5 Å². The van der Waals surface area contributed by atoms with Gasteiger partial charge in [-0.2, -0.15) is 18.3 Å². The molecule has 0 heterocycles. The molecule has 0 amide bonds. The van der Waals surface area contributed by atoms with E-state index in [0.717, 1.165) is 25.0 Å². The highest BCUT2D eigenvalue weighted by Crippen LogP contribution is 2.35. The van der Waals surface area contributed by atoms with E-state index in [1.807, 2.05) is 0 Å². The van der Waals surface area contributed by atoms with Gasteiger partial charge in [0.15, 0.2) is 9.84 Å². The number of nitrogens with zero attached hydrogens (tertiary/aromatic N) is 2. The van der Waals surface area contributed by atoms with Gasteiger partial charge in [0, 0.05) is 22.7 Å². The molecular formula is C21H21ClF3N3O4S. The van der Waals surface area contributed by atoms with Gasteiger partial charge in [0.2, 0.25) is 0 Å². The molecular weight excluding hydrogens is 483 g/mol. The van der Waals surface area contributed by atoms with E-state index in [-0.39, 0.29) is 22.3 Å². The molecule has 0 unspecified atom stereocenters. The molecule has 1 saturated carbocycles. The summed E-state index contributed by atoms with van der Waals surface area (Å²) in [6.07, 6.45) is -1.44. The number of benzene rings is 2. The predicted molar refractivity (Wildman–Crippen MR) is 119 cm³/mol. The third-order valence-electron chi connectivity index (χ3n) is 5.46. The number of nitro groups is 1. The molecule has 12 heteroatoms. The topological polar surface area (TPSA) is 102 Å². The fourth-order valence-corrected chi connectivity index (χ4v) is 5.18. The van der Waals surface area contributed by atoms with Crippen LogP contribution < -0.4 is 5.43 Å². The van der Waals surface area contributed by atoms with Crippen molar-refractivity contribution < 1.29 is 26.5 Å². The molecule has 33 heavy (non-hydrogen) atoms. The number of hydrogen-bond acceptors (Lipinski definition) is 6. The molecule has 2 aromatic rings. The van der Waals surface area contributed by atoms with Gasteiger partial charge >= 0.3 is 6.18 Å². The molecule has 1 fully saturated rings. The van der Waals surface area contributed by atoms with Gasteiger partial charge in [0.25, 0.3) is 5.69 Å². The molecule has 3 rings (SSSR count). The summed E-state index contributed by atoms with van der Waals surface area (Å²) in [6.45, 7) is 0. The second-order valence-electron chi connectivity index (χ2n) is 7.71. The Bertz CT molecular complexity index is 1150. The fourth-order valence-electron chi connectivity index (χ4n) is 3.67. The van der Waals surface area contributed by atoms with Gasteiger partial charge in [0.05, 0.1) is 21.1 Å². The van der Waals surface area contributed by atoms with Crippen LogP contribution in [0.5, 0.6) is 0 Å². The fraction of sp³-hybridized carbons (Fsp3) is 0.381. The van der Waals surface area contributed by atoms with Crippen LogP contribution in [-0.4, -0.2) is 24.8 Å². The molecule has 0 aliphatic heterocycles. The highest BCUT2D eigenvalue weighted by molar-refractivity contribution is 7.91. The lowest BCUT2D eigenvalue weighted by Crippen LogP contribution is -2.23. The Balaban J connectivity index is 1.76. The van der Waals surface area contributed by atoms with E-state index in [9.17, 15) is 31.7 Å². The van der Waals surface area contributed by atoms with Crippen molar-refractivity contribution in [1.82, 2.24) is 0 Å². The predicted octanol–water partition coefficient (Wildman–Crippen LogP) is 6.09. The van der Waals surface area contributed by atoms with Gasteiger partial charge in [0.1, 0.15) is 5.69 Å². The Labute approximate surface area is 193 Å². The SMILES string of the molecule is O=[N+]([O-])c1cc(C(F)(F)F)ccc1N/N=C1/CCCC[C@H]1CCS(=O)(=O)c1ccc(Cl)cc1. The molecule has 0 saturated heterocycles. The number of anilines is 1. The number of hydrazone groups is 1. The molecule has 2 aromatic carbocycles. The van der Waals surface area contributed by atoms with Crippen LogP contribution in [0.25, 0.3) is 0 Å².